The van der Waals surface area contributed by atoms with Crippen LogP contribution in [0, 0.1) is 0 Å². The fourth-order valence-corrected chi connectivity index (χ4v) is 3.64. The first-order valence-electron chi connectivity index (χ1n) is 5.18. The van der Waals surface area contributed by atoms with E-state index in [1.807, 2.05) is 0 Å². The zero-order chi connectivity index (χ0) is 12.9. The van der Waals surface area contributed by atoms with E-state index in [1.54, 1.807) is 18.2 Å². The molecule has 2 aromatic rings. The van der Waals surface area contributed by atoms with Crippen molar-refractivity contribution in [3.8, 4) is 11.5 Å². The van der Waals surface area contributed by atoms with Crippen molar-refractivity contribution in [3.63, 3.8) is 0 Å². The van der Waals surface area contributed by atoms with Crippen LogP contribution in [-0.4, -0.2) is 18.6 Å². The largest absolute Gasteiger partial charge is 0.504 e. The second-order valence-electron chi connectivity index (χ2n) is 3.93. The van der Waals surface area contributed by atoms with Crippen LogP contribution in [0.2, 0.25) is 0 Å². The first-order valence-corrected chi connectivity index (χ1v) is 6.66. The molecular weight excluding hydrogens is 254 g/mol. The molecule has 0 radical (unpaired) electrons. The van der Waals surface area contributed by atoms with Crippen LogP contribution in [0.1, 0.15) is 0 Å². The van der Waals surface area contributed by atoms with E-state index in [9.17, 15) is 18.6 Å². The molecule has 0 saturated carbocycles. The molecule has 0 amide bonds. The van der Waals surface area contributed by atoms with E-state index in [4.69, 9.17) is 0 Å². The fraction of sp³-hybridized carbons (Fsp3) is 0. The number of fused-ring (bicyclic) bond motifs is 2. The lowest BCUT2D eigenvalue weighted by molar-refractivity contribution is 0.393. The van der Waals surface area contributed by atoms with Crippen LogP contribution < -0.4 is 5.32 Å². The van der Waals surface area contributed by atoms with Crippen LogP contribution in [0.5, 0.6) is 11.5 Å². The van der Waals surface area contributed by atoms with E-state index in [0.29, 0.717) is 5.69 Å². The van der Waals surface area contributed by atoms with Gasteiger partial charge in [-0.05, 0) is 24.3 Å². The summed E-state index contributed by atoms with van der Waals surface area (Å²) >= 11 is 0. The smallest absolute Gasteiger partial charge is 0.214 e. The number of phenolic OH excluding ortho intramolecular Hbond substituents is 2. The van der Waals surface area contributed by atoms with E-state index in [0.717, 1.165) is 0 Å². The standard InChI is InChI=1S/C12H9NO4S/c14-9-6-5-8-12(11(9)15)18(16,17)10-4-2-1-3-7(10)13-8/h1-6,13-15H. The highest BCUT2D eigenvalue weighted by molar-refractivity contribution is 7.92. The molecule has 2 aromatic carbocycles. The Balaban J connectivity index is 2.40. The molecule has 1 heterocycles. The van der Waals surface area contributed by atoms with Crippen LogP contribution in [0.15, 0.2) is 46.2 Å². The van der Waals surface area contributed by atoms with Crippen molar-refractivity contribution in [3.05, 3.63) is 36.4 Å². The molecule has 0 fully saturated rings. The first kappa shape index (κ1) is 10.9. The van der Waals surface area contributed by atoms with E-state index in [1.165, 1.54) is 18.2 Å². The Hall–Kier alpha value is -2.21. The van der Waals surface area contributed by atoms with E-state index in [-0.39, 0.29) is 15.5 Å². The average molecular weight is 263 g/mol. The predicted molar refractivity (Wildman–Crippen MR) is 64.9 cm³/mol. The molecule has 3 rings (SSSR count). The van der Waals surface area contributed by atoms with Crippen molar-refractivity contribution in [2.75, 3.05) is 5.32 Å². The van der Waals surface area contributed by atoms with Gasteiger partial charge in [0.05, 0.1) is 16.3 Å². The summed E-state index contributed by atoms with van der Waals surface area (Å²) in [6.45, 7) is 0. The highest BCUT2D eigenvalue weighted by Gasteiger charge is 2.33. The normalized spacial score (nSPS) is 15.3. The summed E-state index contributed by atoms with van der Waals surface area (Å²) in [5.74, 6) is -1.09. The van der Waals surface area contributed by atoms with Crippen LogP contribution in [0.4, 0.5) is 11.4 Å². The lowest BCUT2D eigenvalue weighted by Crippen LogP contribution is -2.13. The van der Waals surface area contributed by atoms with Crippen molar-refractivity contribution in [2.45, 2.75) is 9.79 Å². The maximum atomic E-state index is 12.4. The maximum Gasteiger partial charge on any atom is 0.214 e. The van der Waals surface area contributed by atoms with Crippen LogP contribution in [0.25, 0.3) is 0 Å². The van der Waals surface area contributed by atoms with E-state index >= 15 is 0 Å². The van der Waals surface area contributed by atoms with Gasteiger partial charge in [0, 0.05) is 0 Å². The van der Waals surface area contributed by atoms with Gasteiger partial charge in [-0.3, -0.25) is 0 Å². The molecule has 0 unspecified atom stereocenters. The number of nitrogens with one attached hydrogen (secondary N) is 1. The Kier molecular flexibility index (Phi) is 2.06. The Morgan fingerprint density at radius 2 is 1.67 bits per heavy atom. The number of sulfone groups is 1. The van der Waals surface area contributed by atoms with Gasteiger partial charge in [-0.1, -0.05) is 12.1 Å². The van der Waals surface area contributed by atoms with Crippen molar-refractivity contribution in [1.82, 2.24) is 0 Å². The first-order chi connectivity index (χ1) is 8.51. The number of hydrogen-bond donors (Lipinski definition) is 3. The number of hydrogen-bond acceptors (Lipinski definition) is 5. The lowest BCUT2D eigenvalue weighted by Gasteiger charge is -2.22. The zero-order valence-electron chi connectivity index (χ0n) is 9.08. The maximum absolute atomic E-state index is 12.4. The molecule has 0 aromatic heterocycles. The molecule has 3 N–H and O–H groups in total. The van der Waals surface area contributed by atoms with Gasteiger partial charge in [0.2, 0.25) is 9.84 Å². The second-order valence-corrected chi connectivity index (χ2v) is 5.79. The van der Waals surface area contributed by atoms with Gasteiger partial charge in [0.15, 0.2) is 11.5 Å². The minimum Gasteiger partial charge on any atom is -0.504 e. The Morgan fingerprint density at radius 3 is 2.44 bits per heavy atom. The molecule has 0 bridgehead atoms. The molecule has 6 heteroatoms. The molecule has 92 valence electrons. The quantitative estimate of drug-likeness (QED) is 0.426. The summed E-state index contributed by atoms with van der Waals surface area (Å²) in [6.07, 6.45) is 0. The summed E-state index contributed by atoms with van der Waals surface area (Å²) in [7, 11) is -3.83. The molecule has 5 nitrogen and oxygen atoms in total. The number of anilines is 2. The number of benzene rings is 2. The van der Waals surface area contributed by atoms with Gasteiger partial charge >= 0.3 is 0 Å². The van der Waals surface area contributed by atoms with Gasteiger partial charge in [-0.2, -0.15) is 0 Å². The molecule has 18 heavy (non-hydrogen) atoms. The van der Waals surface area contributed by atoms with Crippen molar-refractivity contribution in [2.24, 2.45) is 0 Å². The minimum atomic E-state index is -3.83. The van der Waals surface area contributed by atoms with Crippen molar-refractivity contribution >= 4 is 21.2 Å². The fourth-order valence-electron chi connectivity index (χ4n) is 1.99. The third-order valence-electron chi connectivity index (χ3n) is 2.82. The molecule has 0 saturated heterocycles. The summed E-state index contributed by atoms with van der Waals surface area (Å²) in [6, 6.07) is 9.06. The summed E-state index contributed by atoms with van der Waals surface area (Å²) < 4.78 is 24.7. The SMILES string of the molecule is O=S1(=O)c2ccccc2Nc2ccc(O)c(O)c21. The van der Waals surface area contributed by atoms with E-state index in [2.05, 4.69) is 5.32 Å². The molecule has 0 spiro atoms. The molecule has 0 aliphatic carbocycles. The molecular formula is C12H9NO4S. The molecule has 0 atom stereocenters. The average Bonchev–Trinajstić information content (AvgIpc) is 2.33. The van der Waals surface area contributed by atoms with E-state index < -0.39 is 21.3 Å². The monoisotopic (exact) mass is 263 g/mol. The topological polar surface area (TPSA) is 86.6 Å². The van der Waals surface area contributed by atoms with Crippen molar-refractivity contribution < 1.29 is 18.6 Å². The Labute approximate surface area is 103 Å². The predicted octanol–water partition coefficient (Wildman–Crippen LogP) is 1.99. The number of para-hydroxylation sites is 1. The highest BCUT2D eigenvalue weighted by Crippen LogP contribution is 2.46. The van der Waals surface area contributed by atoms with Gasteiger partial charge < -0.3 is 15.5 Å². The third kappa shape index (κ3) is 1.29. The number of phenols is 2. The lowest BCUT2D eigenvalue weighted by atomic mass is 10.2. The van der Waals surface area contributed by atoms with Gasteiger partial charge in [0.25, 0.3) is 0 Å². The van der Waals surface area contributed by atoms with Crippen LogP contribution in [-0.2, 0) is 9.84 Å². The molecule has 1 aliphatic rings. The zero-order valence-corrected chi connectivity index (χ0v) is 9.90. The van der Waals surface area contributed by atoms with Gasteiger partial charge in [-0.15, -0.1) is 0 Å². The third-order valence-corrected chi connectivity index (χ3v) is 4.71. The highest BCUT2D eigenvalue weighted by atomic mass is 32.2. The van der Waals surface area contributed by atoms with Crippen molar-refractivity contribution in [1.29, 1.82) is 0 Å². The van der Waals surface area contributed by atoms with Gasteiger partial charge in [0.1, 0.15) is 4.90 Å². The summed E-state index contributed by atoms with van der Waals surface area (Å²) in [5.41, 5.74) is 0.707. The Bertz CT molecular complexity index is 753. The summed E-state index contributed by atoms with van der Waals surface area (Å²) in [4.78, 5) is -0.209. The molecule has 1 aliphatic heterocycles. The van der Waals surface area contributed by atoms with Crippen LogP contribution in [0.3, 0.4) is 0 Å². The minimum absolute atomic E-state index is 0.0819. The van der Waals surface area contributed by atoms with Gasteiger partial charge in [-0.25, -0.2) is 8.42 Å². The number of rotatable bonds is 0. The summed E-state index contributed by atoms with van der Waals surface area (Å²) in [5, 5.41) is 22.1. The Morgan fingerprint density at radius 1 is 0.944 bits per heavy atom. The second kappa shape index (κ2) is 3.39. The van der Waals surface area contributed by atoms with Crippen LogP contribution >= 0.6 is 0 Å². The number of aromatic hydroxyl groups is 2.